The SMILES string of the molecule is COc1ccccc1OS(=O)(=O)c1cccc(C)c1. The Hall–Kier alpha value is -2.01. The van der Waals surface area contributed by atoms with Crippen LogP contribution in [0.1, 0.15) is 5.56 Å². The summed E-state index contributed by atoms with van der Waals surface area (Å²) in [6.07, 6.45) is 0. The molecule has 5 heteroatoms. The fraction of sp³-hybridized carbons (Fsp3) is 0.143. The first-order valence-corrected chi connectivity index (χ1v) is 7.08. The van der Waals surface area contributed by atoms with E-state index >= 15 is 0 Å². The largest absolute Gasteiger partial charge is 0.493 e. The van der Waals surface area contributed by atoms with Gasteiger partial charge in [0.15, 0.2) is 11.5 Å². The highest BCUT2D eigenvalue weighted by Gasteiger charge is 2.18. The van der Waals surface area contributed by atoms with Crippen molar-refractivity contribution in [2.24, 2.45) is 0 Å². The minimum absolute atomic E-state index is 0.124. The van der Waals surface area contributed by atoms with Crippen molar-refractivity contribution in [2.75, 3.05) is 7.11 Å². The molecule has 0 fully saturated rings. The van der Waals surface area contributed by atoms with Crippen molar-refractivity contribution >= 4 is 10.1 Å². The van der Waals surface area contributed by atoms with Crippen molar-refractivity contribution < 1.29 is 17.3 Å². The second-order valence-corrected chi connectivity index (χ2v) is 5.55. The van der Waals surface area contributed by atoms with Crippen molar-refractivity contribution in [3.63, 3.8) is 0 Å². The van der Waals surface area contributed by atoms with Gasteiger partial charge in [0.1, 0.15) is 4.90 Å². The Bertz CT molecular complexity index is 677. The number of aryl methyl sites for hydroxylation is 1. The van der Waals surface area contributed by atoms with Crippen LogP contribution in [0.3, 0.4) is 0 Å². The van der Waals surface area contributed by atoms with Crippen LogP contribution in [-0.2, 0) is 10.1 Å². The molecule has 0 heterocycles. The molecule has 0 saturated carbocycles. The summed E-state index contributed by atoms with van der Waals surface area (Å²) >= 11 is 0. The lowest BCUT2D eigenvalue weighted by molar-refractivity contribution is 0.390. The van der Waals surface area contributed by atoms with Crippen LogP contribution in [0.5, 0.6) is 11.5 Å². The first-order valence-electron chi connectivity index (χ1n) is 5.67. The number of hydrogen-bond acceptors (Lipinski definition) is 4. The van der Waals surface area contributed by atoms with E-state index in [2.05, 4.69) is 0 Å². The Morgan fingerprint density at radius 1 is 0.947 bits per heavy atom. The molecule has 19 heavy (non-hydrogen) atoms. The average Bonchev–Trinajstić information content (AvgIpc) is 2.39. The third-order valence-corrected chi connectivity index (χ3v) is 3.78. The molecule has 0 aliphatic carbocycles. The summed E-state index contributed by atoms with van der Waals surface area (Å²) in [6, 6.07) is 13.2. The average molecular weight is 278 g/mol. The fourth-order valence-electron chi connectivity index (χ4n) is 1.62. The molecule has 0 unspecified atom stereocenters. The summed E-state index contributed by atoms with van der Waals surface area (Å²) in [4.78, 5) is 0.124. The molecule has 2 aromatic rings. The van der Waals surface area contributed by atoms with Crippen LogP contribution < -0.4 is 8.92 Å². The molecule has 2 aromatic carbocycles. The molecule has 0 N–H and O–H groups in total. The van der Waals surface area contributed by atoms with E-state index in [1.165, 1.54) is 13.2 Å². The third kappa shape index (κ3) is 3.06. The van der Waals surface area contributed by atoms with Crippen LogP contribution in [0.15, 0.2) is 53.4 Å². The molecule has 0 spiro atoms. The van der Waals surface area contributed by atoms with Crippen molar-refractivity contribution in [3.05, 3.63) is 54.1 Å². The zero-order chi connectivity index (χ0) is 13.9. The molecule has 0 amide bonds. The van der Waals surface area contributed by atoms with E-state index in [9.17, 15) is 8.42 Å². The van der Waals surface area contributed by atoms with Crippen LogP contribution in [-0.4, -0.2) is 15.5 Å². The number of benzene rings is 2. The number of rotatable bonds is 4. The highest BCUT2D eigenvalue weighted by Crippen LogP contribution is 2.29. The van der Waals surface area contributed by atoms with Crippen molar-refractivity contribution in [3.8, 4) is 11.5 Å². The van der Waals surface area contributed by atoms with E-state index in [0.717, 1.165) is 5.56 Å². The van der Waals surface area contributed by atoms with Crippen molar-refractivity contribution in [1.29, 1.82) is 0 Å². The Morgan fingerprint density at radius 2 is 1.63 bits per heavy atom. The van der Waals surface area contributed by atoms with Crippen LogP contribution in [0.2, 0.25) is 0 Å². The lowest BCUT2D eigenvalue weighted by Crippen LogP contribution is -2.10. The Balaban J connectivity index is 2.37. The summed E-state index contributed by atoms with van der Waals surface area (Å²) < 4.78 is 34.5. The van der Waals surface area contributed by atoms with Crippen molar-refractivity contribution in [2.45, 2.75) is 11.8 Å². The van der Waals surface area contributed by atoms with Crippen LogP contribution >= 0.6 is 0 Å². The first kappa shape index (κ1) is 13.4. The molecular weight excluding hydrogens is 264 g/mol. The monoisotopic (exact) mass is 278 g/mol. The Kier molecular flexibility index (Phi) is 3.76. The summed E-state index contributed by atoms with van der Waals surface area (Å²) in [5.74, 6) is 0.547. The quantitative estimate of drug-likeness (QED) is 0.807. The van der Waals surface area contributed by atoms with Crippen molar-refractivity contribution in [1.82, 2.24) is 0 Å². The van der Waals surface area contributed by atoms with Crippen LogP contribution in [0.4, 0.5) is 0 Å². The number of para-hydroxylation sites is 2. The minimum atomic E-state index is -3.85. The van der Waals surface area contributed by atoms with E-state index in [1.54, 1.807) is 36.4 Å². The second-order valence-electron chi connectivity index (χ2n) is 4.00. The maximum atomic E-state index is 12.1. The van der Waals surface area contributed by atoms with Gasteiger partial charge in [0, 0.05) is 0 Å². The van der Waals surface area contributed by atoms with Gasteiger partial charge in [-0.1, -0.05) is 24.3 Å². The second kappa shape index (κ2) is 5.32. The predicted molar refractivity (Wildman–Crippen MR) is 72.0 cm³/mol. The molecule has 0 bridgehead atoms. The maximum Gasteiger partial charge on any atom is 0.339 e. The van der Waals surface area contributed by atoms with Gasteiger partial charge in [-0.05, 0) is 36.8 Å². The summed E-state index contributed by atoms with van der Waals surface area (Å²) in [6.45, 7) is 1.82. The highest BCUT2D eigenvalue weighted by molar-refractivity contribution is 7.87. The zero-order valence-electron chi connectivity index (χ0n) is 10.7. The predicted octanol–water partition coefficient (Wildman–Crippen LogP) is 2.77. The van der Waals surface area contributed by atoms with Gasteiger partial charge < -0.3 is 8.92 Å². The van der Waals surface area contributed by atoms with Crippen LogP contribution in [0, 0.1) is 6.92 Å². The van der Waals surface area contributed by atoms with Crippen LogP contribution in [0.25, 0.3) is 0 Å². The van der Waals surface area contributed by atoms with E-state index in [0.29, 0.717) is 5.75 Å². The van der Waals surface area contributed by atoms with Gasteiger partial charge in [-0.15, -0.1) is 0 Å². The standard InChI is InChI=1S/C14H14O4S/c1-11-6-5-7-12(10-11)19(15,16)18-14-9-4-3-8-13(14)17-2/h3-10H,1-2H3. The number of hydrogen-bond donors (Lipinski definition) is 0. The minimum Gasteiger partial charge on any atom is -0.493 e. The number of ether oxygens (including phenoxy) is 1. The molecular formula is C14H14O4S. The smallest absolute Gasteiger partial charge is 0.339 e. The molecule has 0 atom stereocenters. The summed E-state index contributed by atoms with van der Waals surface area (Å²) in [5, 5.41) is 0. The van der Waals surface area contributed by atoms with E-state index in [-0.39, 0.29) is 10.6 Å². The molecule has 4 nitrogen and oxygen atoms in total. The number of methoxy groups -OCH3 is 1. The third-order valence-electron chi connectivity index (χ3n) is 2.55. The Labute approximate surface area is 112 Å². The van der Waals surface area contributed by atoms with Gasteiger partial charge in [0.05, 0.1) is 7.11 Å². The van der Waals surface area contributed by atoms with Gasteiger partial charge >= 0.3 is 10.1 Å². The first-order chi connectivity index (χ1) is 9.03. The molecule has 0 saturated heterocycles. The lowest BCUT2D eigenvalue weighted by atomic mass is 10.2. The Morgan fingerprint density at radius 3 is 2.26 bits per heavy atom. The molecule has 0 aliphatic rings. The molecule has 100 valence electrons. The summed E-state index contributed by atoms with van der Waals surface area (Å²) in [5.41, 5.74) is 0.852. The topological polar surface area (TPSA) is 52.6 Å². The lowest BCUT2D eigenvalue weighted by Gasteiger charge is -2.10. The van der Waals surface area contributed by atoms with Gasteiger partial charge in [-0.2, -0.15) is 8.42 Å². The van der Waals surface area contributed by atoms with E-state index in [4.69, 9.17) is 8.92 Å². The molecule has 2 rings (SSSR count). The van der Waals surface area contributed by atoms with Gasteiger partial charge in [-0.25, -0.2) is 0 Å². The van der Waals surface area contributed by atoms with E-state index < -0.39 is 10.1 Å². The molecule has 0 aliphatic heterocycles. The van der Waals surface area contributed by atoms with Gasteiger partial charge in [-0.3, -0.25) is 0 Å². The highest BCUT2D eigenvalue weighted by atomic mass is 32.2. The van der Waals surface area contributed by atoms with Gasteiger partial charge in [0.2, 0.25) is 0 Å². The van der Waals surface area contributed by atoms with E-state index in [1.807, 2.05) is 13.0 Å². The fourth-order valence-corrected chi connectivity index (χ4v) is 2.67. The normalized spacial score (nSPS) is 11.1. The molecule has 0 radical (unpaired) electrons. The van der Waals surface area contributed by atoms with Gasteiger partial charge in [0.25, 0.3) is 0 Å². The maximum absolute atomic E-state index is 12.1. The summed E-state index contributed by atoms with van der Waals surface area (Å²) in [7, 11) is -2.39. The molecule has 0 aromatic heterocycles. The zero-order valence-corrected chi connectivity index (χ0v) is 11.5.